The van der Waals surface area contributed by atoms with Crippen molar-refractivity contribution in [3.8, 4) is 6.07 Å². The number of amides is 1. The number of anilines is 2. The second-order valence-electron chi connectivity index (χ2n) is 4.81. The van der Waals surface area contributed by atoms with Crippen molar-refractivity contribution in [3.63, 3.8) is 0 Å². The van der Waals surface area contributed by atoms with Crippen molar-refractivity contribution in [3.05, 3.63) is 73.4 Å². The summed E-state index contributed by atoms with van der Waals surface area (Å²) in [5.41, 5.74) is -0.0987. The number of carbonyl (C=O) groups is 1. The monoisotopic (exact) mass is 410 g/mol. The Balaban J connectivity index is 2.20. The van der Waals surface area contributed by atoms with Gasteiger partial charge in [-0.1, -0.05) is 34.8 Å². The van der Waals surface area contributed by atoms with E-state index in [1.165, 1.54) is 18.2 Å². The second kappa shape index (κ2) is 8.54. The Hall–Kier alpha value is -2.79. The zero-order chi connectivity index (χ0) is 19.3. The van der Waals surface area contributed by atoms with Gasteiger partial charge >= 0.3 is 0 Å². The van der Waals surface area contributed by atoms with E-state index in [9.17, 15) is 14.9 Å². The van der Waals surface area contributed by atoms with Crippen LogP contribution in [0, 0.1) is 21.4 Å². The Morgan fingerprint density at radius 2 is 1.85 bits per heavy atom. The number of hydrogen-bond donors (Lipinski definition) is 2. The van der Waals surface area contributed by atoms with Crippen molar-refractivity contribution in [2.45, 2.75) is 0 Å². The van der Waals surface area contributed by atoms with Gasteiger partial charge in [-0.15, -0.1) is 0 Å². The fourth-order valence-corrected chi connectivity index (χ4v) is 2.45. The molecule has 0 aliphatic rings. The van der Waals surface area contributed by atoms with E-state index in [2.05, 4.69) is 10.6 Å². The molecule has 7 nitrogen and oxygen atoms in total. The molecule has 0 aliphatic heterocycles. The van der Waals surface area contributed by atoms with Gasteiger partial charge in [-0.25, -0.2) is 0 Å². The fraction of sp³-hybridized carbons (Fsp3) is 0. The van der Waals surface area contributed by atoms with Crippen LogP contribution in [0.15, 0.2) is 48.2 Å². The van der Waals surface area contributed by atoms with Gasteiger partial charge < -0.3 is 10.6 Å². The summed E-state index contributed by atoms with van der Waals surface area (Å²) in [5.74, 6) is -0.799. The number of nitrogens with zero attached hydrogens (tertiary/aromatic N) is 2. The lowest BCUT2D eigenvalue weighted by atomic mass is 10.2. The SMILES string of the molecule is N#C/C(=C/Nc1ccc(Cl)cc1Cl)C(=O)Nc1cc([N+](=O)[O-])ccc1Cl. The van der Waals surface area contributed by atoms with Gasteiger partial charge in [0.25, 0.3) is 11.6 Å². The quantitative estimate of drug-likeness (QED) is 0.311. The summed E-state index contributed by atoms with van der Waals surface area (Å²) in [7, 11) is 0. The summed E-state index contributed by atoms with van der Waals surface area (Å²) < 4.78 is 0. The highest BCUT2D eigenvalue weighted by Gasteiger charge is 2.15. The van der Waals surface area contributed by atoms with Gasteiger partial charge in [0.15, 0.2) is 0 Å². The summed E-state index contributed by atoms with van der Waals surface area (Å²) >= 11 is 17.7. The Bertz CT molecular complexity index is 954. The van der Waals surface area contributed by atoms with Crippen molar-refractivity contribution in [2.24, 2.45) is 0 Å². The number of hydrogen-bond acceptors (Lipinski definition) is 5. The number of rotatable bonds is 5. The van der Waals surface area contributed by atoms with E-state index in [-0.39, 0.29) is 22.0 Å². The predicted molar refractivity (Wildman–Crippen MR) is 101 cm³/mol. The van der Waals surface area contributed by atoms with E-state index >= 15 is 0 Å². The second-order valence-corrected chi connectivity index (χ2v) is 6.06. The minimum Gasteiger partial charge on any atom is -0.359 e. The van der Waals surface area contributed by atoms with Gasteiger partial charge in [0.05, 0.1) is 26.3 Å². The number of non-ortho nitro benzene ring substituents is 1. The number of nitro groups is 1. The maximum atomic E-state index is 12.2. The molecule has 0 unspecified atom stereocenters. The van der Waals surface area contributed by atoms with Crippen LogP contribution in [0.1, 0.15) is 0 Å². The summed E-state index contributed by atoms with van der Waals surface area (Å²) in [6, 6.07) is 9.94. The molecule has 0 radical (unpaired) electrons. The molecule has 2 aromatic carbocycles. The van der Waals surface area contributed by atoms with E-state index in [4.69, 9.17) is 40.1 Å². The van der Waals surface area contributed by atoms with E-state index in [0.717, 1.165) is 12.3 Å². The molecule has 2 aromatic rings. The molecule has 1 amide bonds. The number of benzene rings is 2. The van der Waals surface area contributed by atoms with Crippen LogP contribution in [-0.2, 0) is 4.79 Å². The first-order chi connectivity index (χ1) is 12.3. The minimum absolute atomic E-state index is 0.0107. The molecular weight excluding hydrogens is 403 g/mol. The number of carbonyl (C=O) groups excluding carboxylic acids is 1. The van der Waals surface area contributed by atoms with Gasteiger partial charge in [0.1, 0.15) is 11.6 Å². The molecule has 26 heavy (non-hydrogen) atoms. The average Bonchev–Trinajstić information content (AvgIpc) is 2.58. The van der Waals surface area contributed by atoms with E-state index in [1.807, 2.05) is 0 Å². The van der Waals surface area contributed by atoms with Crippen LogP contribution in [0.3, 0.4) is 0 Å². The van der Waals surface area contributed by atoms with Gasteiger partial charge in [-0.3, -0.25) is 14.9 Å². The third kappa shape index (κ3) is 4.86. The molecule has 0 aliphatic carbocycles. The van der Waals surface area contributed by atoms with Gasteiger partial charge in [0, 0.05) is 23.4 Å². The zero-order valence-electron chi connectivity index (χ0n) is 12.8. The highest BCUT2D eigenvalue weighted by atomic mass is 35.5. The molecule has 0 fully saturated rings. The van der Waals surface area contributed by atoms with Crippen LogP contribution in [0.2, 0.25) is 15.1 Å². The molecule has 0 aromatic heterocycles. The molecule has 0 bridgehead atoms. The van der Waals surface area contributed by atoms with Gasteiger partial charge in [0.2, 0.25) is 0 Å². The Labute approximate surface area is 162 Å². The maximum Gasteiger partial charge on any atom is 0.271 e. The van der Waals surface area contributed by atoms with Crippen LogP contribution in [-0.4, -0.2) is 10.8 Å². The third-order valence-electron chi connectivity index (χ3n) is 3.08. The molecule has 10 heteroatoms. The van der Waals surface area contributed by atoms with E-state index in [0.29, 0.717) is 15.7 Å². The first kappa shape index (κ1) is 19.5. The molecular formula is C16H9Cl3N4O3. The molecule has 132 valence electrons. The first-order valence-corrected chi connectivity index (χ1v) is 8.02. The number of nitriles is 1. The van der Waals surface area contributed by atoms with Crippen molar-refractivity contribution in [2.75, 3.05) is 10.6 Å². The molecule has 0 spiro atoms. The van der Waals surface area contributed by atoms with Crippen molar-refractivity contribution < 1.29 is 9.72 Å². The molecule has 0 atom stereocenters. The lowest BCUT2D eigenvalue weighted by molar-refractivity contribution is -0.384. The smallest absolute Gasteiger partial charge is 0.271 e. The summed E-state index contributed by atoms with van der Waals surface area (Å²) in [6.45, 7) is 0. The lowest BCUT2D eigenvalue weighted by Gasteiger charge is -2.08. The molecule has 2 N–H and O–H groups in total. The highest BCUT2D eigenvalue weighted by molar-refractivity contribution is 6.36. The number of nitrogens with one attached hydrogen (secondary N) is 2. The Morgan fingerprint density at radius 3 is 2.46 bits per heavy atom. The predicted octanol–water partition coefficient (Wildman–Crippen LogP) is 5.01. The van der Waals surface area contributed by atoms with Crippen LogP contribution in [0.25, 0.3) is 0 Å². The molecule has 0 heterocycles. The molecule has 0 saturated carbocycles. The third-order valence-corrected chi connectivity index (χ3v) is 3.95. The van der Waals surface area contributed by atoms with Crippen molar-refractivity contribution in [1.82, 2.24) is 0 Å². The normalized spacial score (nSPS) is 10.8. The highest BCUT2D eigenvalue weighted by Crippen LogP contribution is 2.28. The first-order valence-electron chi connectivity index (χ1n) is 6.89. The number of nitro benzene ring substituents is 1. The Kier molecular flexibility index (Phi) is 6.41. The standard InChI is InChI=1S/C16H9Cl3N4O3/c17-10-1-4-14(13(19)5-10)21-8-9(7-20)16(24)22-15-6-11(23(25)26)2-3-12(15)18/h1-6,8,21H,(H,22,24)/b9-8-. The summed E-state index contributed by atoms with van der Waals surface area (Å²) in [4.78, 5) is 22.4. The average molecular weight is 412 g/mol. The Morgan fingerprint density at radius 1 is 1.12 bits per heavy atom. The summed E-state index contributed by atoms with van der Waals surface area (Å²) in [6.07, 6.45) is 1.15. The topological polar surface area (TPSA) is 108 Å². The van der Waals surface area contributed by atoms with Crippen molar-refractivity contribution >= 4 is 57.8 Å². The summed E-state index contributed by atoms with van der Waals surface area (Å²) in [5, 5.41) is 25.9. The van der Waals surface area contributed by atoms with Crippen LogP contribution in [0.5, 0.6) is 0 Å². The fourth-order valence-electron chi connectivity index (χ4n) is 1.82. The van der Waals surface area contributed by atoms with Crippen LogP contribution in [0.4, 0.5) is 17.1 Å². The minimum atomic E-state index is -0.799. The van der Waals surface area contributed by atoms with Crippen LogP contribution < -0.4 is 10.6 Å². The zero-order valence-corrected chi connectivity index (χ0v) is 15.1. The largest absolute Gasteiger partial charge is 0.359 e. The van der Waals surface area contributed by atoms with E-state index in [1.54, 1.807) is 18.2 Å². The van der Waals surface area contributed by atoms with Gasteiger partial charge in [-0.05, 0) is 24.3 Å². The molecule has 2 rings (SSSR count). The maximum absolute atomic E-state index is 12.2. The lowest BCUT2D eigenvalue weighted by Crippen LogP contribution is -2.15. The number of halogens is 3. The molecule has 0 saturated heterocycles. The van der Waals surface area contributed by atoms with Crippen LogP contribution >= 0.6 is 34.8 Å². The van der Waals surface area contributed by atoms with Crippen molar-refractivity contribution in [1.29, 1.82) is 5.26 Å². The van der Waals surface area contributed by atoms with Gasteiger partial charge in [-0.2, -0.15) is 5.26 Å². The van der Waals surface area contributed by atoms with E-state index < -0.39 is 10.8 Å².